The Balaban J connectivity index is 1.45. The number of benzene rings is 1. The van der Waals surface area contributed by atoms with Crippen molar-refractivity contribution in [2.24, 2.45) is 11.3 Å². The van der Waals surface area contributed by atoms with Gasteiger partial charge in [0, 0.05) is 49.4 Å². The molecular formula is C25H38N4O4. The first-order chi connectivity index (χ1) is 15.7. The molecule has 0 spiro atoms. The Labute approximate surface area is 197 Å². The van der Waals surface area contributed by atoms with Crippen molar-refractivity contribution >= 4 is 23.4 Å². The molecule has 2 aliphatic heterocycles. The highest BCUT2D eigenvalue weighted by Crippen LogP contribution is 2.21. The van der Waals surface area contributed by atoms with E-state index in [2.05, 4.69) is 15.5 Å². The number of nitrogens with one attached hydrogen (secondary N) is 2. The zero-order chi connectivity index (χ0) is 23.8. The van der Waals surface area contributed by atoms with Gasteiger partial charge in [0.1, 0.15) is 0 Å². The molecular weight excluding hydrogens is 420 g/mol. The first-order valence-corrected chi connectivity index (χ1v) is 12.0. The van der Waals surface area contributed by atoms with E-state index in [1.807, 2.05) is 20.8 Å². The molecule has 1 aromatic carbocycles. The normalized spacial score (nSPS) is 19.7. The Morgan fingerprint density at radius 2 is 1.76 bits per heavy atom. The van der Waals surface area contributed by atoms with Gasteiger partial charge in [-0.3, -0.25) is 19.3 Å². The number of ether oxygens (including phenoxy) is 1. The topological polar surface area (TPSA) is 91.0 Å². The van der Waals surface area contributed by atoms with E-state index >= 15 is 0 Å². The van der Waals surface area contributed by atoms with E-state index < -0.39 is 5.41 Å². The highest BCUT2D eigenvalue weighted by atomic mass is 16.5. The lowest BCUT2D eigenvalue weighted by Crippen LogP contribution is -2.46. The van der Waals surface area contributed by atoms with Crippen molar-refractivity contribution in [2.75, 3.05) is 57.8 Å². The summed E-state index contributed by atoms with van der Waals surface area (Å²) in [4.78, 5) is 41.9. The fourth-order valence-corrected chi connectivity index (χ4v) is 4.06. The molecule has 8 nitrogen and oxygen atoms in total. The van der Waals surface area contributed by atoms with Crippen LogP contribution >= 0.6 is 0 Å². The molecule has 3 rings (SSSR count). The highest BCUT2D eigenvalue weighted by molar-refractivity contribution is 5.97. The van der Waals surface area contributed by atoms with Crippen molar-refractivity contribution in [1.29, 1.82) is 0 Å². The van der Waals surface area contributed by atoms with E-state index in [9.17, 15) is 14.4 Å². The highest BCUT2D eigenvalue weighted by Gasteiger charge is 2.29. The van der Waals surface area contributed by atoms with Gasteiger partial charge in [-0.2, -0.15) is 0 Å². The number of piperidine rings is 1. The van der Waals surface area contributed by atoms with Crippen LogP contribution in [0.25, 0.3) is 0 Å². The summed E-state index contributed by atoms with van der Waals surface area (Å²) in [7, 11) is 0. The van der Waals surface area contributed by atoms with Crippen molar-refractivity contribution in [2.45, 2.75) is 40.0 Å². The Hall–Kier alpha value is -2.45. The summed E-state index contributed by atoms with van der Waals surface area (Å²) in [5.74, 6) is -0.281. The van der Waals surface area contributed by atoms with E-state index in [4.69, 9.17) is 4.74 Å². The molecule has 8 heteroatoms. The van der Waals surface area contributed by atoms with Crippen LogP contribution in [0.5, 0.6) is 0 Å². The Morgan fingerprint density at radius 1 is 1.06 bits per heavy atom. The van der Waals surface area contributed by atoms with Crippen LogP contribution in [0.2, 0.25) is 0 Å². The second-order valence-electron chi connectivity index (χ2n) is 9.97. The fourth-order valence-electron chi connectivity index (χ4n) is 4.06. The predicted molar refractivity (Wildman–Crippen MR) is 128 cm³/mol. The zero-order valence-electron chi connectivity index (χ0n) is 20.2. The third kappa shape index (κ3) is 7.54. The van der Waals surface area contributed by atoms with Crippen LogP contribution in [0.15, 0.2) is 24.3 Å². The third-order valence-electron chi connectivity index (χ3n) is 6.20. The summed E-state index contributed by atoms with van der Waals surface area (Å²) in [5.41, 5.74) is 0.746. The maximum absolute atomic E-state index is 13.0. The van der Waals surface area contributed by atoms with Crippen LogP contribution in [-0.2, 0) is 14.3 Å². The van der Waals surface area contributed by atoms with E-state index in [-0.39, 0.29) is 23.6 Å². The largest absolute Gasteiger partial charge is 0.379 e. The number of hydrogen-bond donors (Lipinski definition) is 2. The van der Waals surface area contributed by atoms with E-state index in [1.54, 1.807) is 29.2 Å². The van der Waals surface area contributed by atoms with Crippen molar-refractivity contribution in [3.63, 3.8) is 0 Å². The first-order valence-electron chi connectivity index (χ1n) is 12.0. The second-order valence-corrected chi connectivity index (χ2v) is 9.97. The molecule has 0 aromatic heterocycles. The number of nitrogens with zero attached hydrogens (tertiary/aromatic N) is 2. The molecule has 0 radical (unpaired) electrons. The molecule has 2 aliphatic rings. The summed E-state index contributed by atoms with van der Waals surface area (Å²) >= 11 is 0. The van der Waals surface area contributed by atoms with Crippen LogP contribution in [0.4, 0.5) is 5.69 Å². The van der Waals surface area contributed by atoms with Crippen LogP contribution in [0.1, 0.15) is 50.4 Å². The second kappa shape index (κ2) is 11.6. The molecule has 1 atom stereocenters. The Bertz CT molecular complexity index is 813. The average Bonchev–Trinajstić information content (AvgIpc) is 2.82. The van der Waals surface area contributed by atoms with Crippen LogP contribution < -0.4 is 10.6 Å². The number of likely N-dealkylation sites (tertiary alicyclic amines) is 1. The van der Waals surface area contributed by atoms with Gasteiger partial charge < -0.3 is 20.3 Å². The standard InChI is InChI=1S/C25H38N4O4/c1-25(2,3)24(32)27-21-9-7-19(8-10-21)23(31)29-13-4-6-20(18-29)22(30)26-11-5-12-28-14-16-33-17-15-28/h7-10,20H,4-6,11-18H2,1-3H3,(H,26,30)(H,27,32). The van der Waals surface area contributed by atoms with E-state index in [1.165, 1.54) is 0 Å². The van der Waals surface area contributed by atoms with E-state index in [0.717, 1.165) is 52.1 Å². The van der Waals surface area contributed by atoms with Gasteiger partial charge in [0.05, 0.1) is 19.1 Å². The smallest absolute Gasteiger partial charge is 0.253 e. The van der Waals surface area contributed by atoms with Gasteiger partial charge in [0.15, 0.2) is 0 Å². The van der Waals surface area contributed by atoms with Crippen LogP contribution in [0, 0.1) is 11.3 Å². The summed E-state index contributed by atoms with van der Waals surface area (Å²) < 4.78 is 5.36. The number of carbonyl (C=O) groups is 3. The number of carbonyl (C=O) groups excluding carboxylic acids is 3. The minimum atomic E-state index is -0.486. The van der Waals surface area contributed by atoms with Gasteiger partial charge in [0.2, 0.25) is 11.8 Å². The molecule has 2 fully saturated rings. The van der Waals surface area contributed by atoms with Crippen molar-refractivity contribution in [1.82, 2.24) is 15.1 Å². The fraction of sp³-hybridized carbons (Fsp3) is 0.640. The number of rotatable bonds is 7. The first kappa shape index (κ1) is 25.2. The van der Waals surface area contributed by atoms with Crippen molar-refractivity contribution in [3.8, 4) is 0 Å². The number of hydrogen-bond acceptors (Lipinski definition) is 5. The lowest BCUT2D eigenvalue weighted by atomic mass is 9.95. The number of amides is 3. The number of morpholine rings is 1. The van der Waals surface area contributed by atoms with Crippen molar-refractivity contribution in [3.05, 3.63) is 29.8 Å². The van der Waals surface area contributed by atoms with Gasteiger partial charge >= 0.3 is 0 Å². The molecule has 0 saturated carbocycles. The maximum Gasteiger partial charge on any atom is 0.253 e. The average molecular weight is 459 g/mol. The Kier molecular flexibility index (Phi) is 8.86. The monoisotopic (exact) mass is 458 g/mol. The lowest BCUT2D eigenvalue weighted by Gasteiger charge is -2.32. The van der Waals surface area contributed by atoms with Crippen molar-refractivity contribution < 1.29 is 19.1 Å². The summed E-state index contributed by atoms with van der Waals surface area (Å²) in [6, 6.07) is 6.96. The molecule has 3 amide bonds. The van der Waals surface area contributed by atoms with Gasteiger partial charge in [-0.05, 0) is 50.1 Å². The molecule has 2 N–H and O–H groups in total. The molecule has 33 heavy (non-hydrogen) atoms. The van der Waals surface area contributed by atoms with Gasteiger partial charge in [-0.1, -0.05) is 20.8 Å². The summed E-state index contributed by atoms with van der Waals surface area (Å²) in [6.07, 6.45) is 2.54. The molecule has 0 aliphatic carbocycles. The quantitative estimate of drug-likeness (QED) is 0.612. The van der Waals surface area contributed by atoms with Crippen LogP contribution in [0.3, 0.4) is 0 Å². The van der Waals surface area contributed by atoms with Gasteiger partial charge in [-0.25, -0.2) is 0 Å². The molecule has 2 heterocycles. The molecule has 1 unspecified atom stereocenters. The summed E-state index contributed by atoms with van der Waals surface area (Å²) in [6.45, 7) is 11.8. The maximum atomic E-state index is 13.0. The van der Waals surface area contributed by atoms with Gasteiger partial charge in [0.25, 0.3) is 5.91 Å². The minimum Gasteiger partial charge on any atom is -0.379 e. The zero-order valence-corrected chi connectivity index (χ0v) is 20.2. The summed E-state index contributed by atoms with van der Waals surface area (Å²) in [5, 5.41) is 5.92. The Morgan fingerprint density at radius 3 is 2.42 bits per heavy atom. The molecule has 0 bridgehead atoms. The van der Waals surface area contributed by atoms with Gasteiger partial charge in [-0.15, -0.1) is 0 Å². The third-order valence-corrected chi connectivity index (χ3v) is 6.20. The van der Waals surface area contributed by atoms with Crippen LogP contribution in [-0.4, -0.2) is 80.0 Å². The lowest BCUT2D eigenvalue weighted by molar-refractivity contribution is -0.126. The molecule has 2 saturated heterocycles. The minimum absolute atomic E-state index is 0.0368. The molecule has 1 aromatic rings. The van der Waals surface area contributed by atoms with E-state index in [0.29, 0.717) is 30.9 Å². The SMILES string of the molecule is CC(C)(C)C(=O)Nc1ccc(C(=O)N2CCCC(C(=O)NCCCN3CCOCC3)C2)cc1. The number of anilines is 1. The predicted octanol–water partition coefficient (Wildman–Crippen LogP) is 2.36. The molecule has 182 valence electrons.